The van der Waals surface area contributed by atoms with E-state index < -0.39 is 5.82 Å². The van der Waals surface area contributed by atoms with Gasteiger partial charge in [-0.15, -0.1) is 0 Å². The molecule has 110 valence electrons. The van der Waals surface area contributed by atoms with Crippen molar-refractivity contribution in [1.82, 2.24) is 9.97 Å². The van der Waals surface area contributed by atoms with Gasteiger partial charge in [0.05, 0.1) is 11.9 Å². The van der Waals surface area contributed by atoms with Gasteiger partial charge in [-0.2, -0.15) is 0 Å². The van der Waals surface area contributed by atoms with Gasteiger partial charge < -0.3 is 10.5 Å². The summed E-state index contributed by atoms with van der Waals surface area (Å²) in [6, 6.07) is 14.4. The zero-order chi connectivity index (χ0) is 15.4. The zero-order valence-corrected chi connectivity index (χ0v) is 11.7. The average molecular weight is 295 g/mol. The number of anilines is 1. The van der Waals surface area contributed by atoms with Gasteiger partial charge in [-0.1, -0.05) is 30.3 Å². The summed E-state index contributed by atoms with van der Waals surface area (Å²) in [5.74, 6) is 0.00297. The molecule has 3 aromatic rings. The Morgan fingerprint density at radius 1 is 1.00 bits per heavy atom. The number of ether oxygens (including phenoxy) is 1. The van der Waals surface area contributed by atoms with Crippen LogP contribution in [-0.4, -0.2) is 9.97 Å². The Hall–Kier alpha value is -2.95. The fraction of sp³-hybridized carbons (Fsp3) is 0.0588. The van der Waals surface area contributed by atoms with Gasteiger partial charge >= 0.3 is 0 Å². The van der Waals surface area contributed by atoms with E-state index in [1.165, 1.54) is 18.5 Å². The summed E-state index contributed by atoms with van der Waals surface area (Å²) in [6.07, 6.45) is 2.94. The average Bonchev–Trinajstić information content (AvgIpc) is 2.55. The van der Waals surface area contributed by atoms with E-state index in [4.69, 9.17) is 10.5 Å². The van der Waals surface area contributed by atoms with Crippen LogP contribution >= 0.6 is 0 Å². The first-order chi connectivity index (χ1) is 10.7. The van der Waals surface area contributed by atoms with E-state index >= 15 is 0 Å². The van der Waals surface area contributed by atoms with Crippen LogP contribution < -0.4 is 10.5 Å². The van der Waals surface area contributed by atoms with Crippen LogP contribution in [0, 0.1) is 5.82 Å². The van der Waals surface area contributed by atoms with E-state index in [2.05, 4.69) is 9.97 Å². The van der Waals surface area contributed by atoms with Gasteiger partial charge in [0.1, 0.15) is 12.3 Å². The highest BCUT2D eigenvalue weighted by atomic mass is 19.1. The molecule has 0 unspecified atom stereocenters. The van der Waals surface area contributed by atoms with Crippen molar-refractivity contribution in [3.05, 3.63) is 72.3 Å². The largest absolute Gasteiger partial charge is 0.473 e. The van der Waals surface area contributed by atoms with Crippen molar-refractivity contribution in [1.29, 1.82) is 0 Å². The minimum atomic E-state index is -0.472. The molecule has 0 atom stereocenters. The number of nitrogen functional groups attached to an aromatic ring is 1. The molecule has 0 aliphatic carbocycles. The Kier molecular flexibility index (Phi) is 3.96. The molecule has 2 aromatic heterocycles. The molecule has 0 saturated heterocycles. The molecule has 0 aliphatic heterocycles. The minimum absolute atomic E-state index is 0.219. The molecule has 2 heterocycles. The van der Waals surface area contributed by atoms with Crippen molar-refractivity contribution in [2.24, 2.45) is 0 Å². The molecule has 3 rings (SSSR count). The summed E-state index contributed by atoms with van der Waals surface area (Å²) in [5.41, 5.74) is 7.62. The number of benzene rings is 1. The Bertz CT molecular complexity index is 761. The smallest absolute Gasteiger partial charge is 0.213 e. The van der Waals surface area contributed by atoms with Crippen LogP contribution in [0.1, 0.15) is 5.56 Å². The predicted molar refractivity (Wildman–Crippen MR) is 82.6 cm³/mol. The van der Waals surface area contributed by atoms with E-state index in [0.717, 1.165) is 5.56 Å². The highest BCUT2D eigenvalue weighted by molar-refractivity contribution is 5.60. The summed E-state index contributed by atoms with van der Waals surface area (Å²) in [6.45, 7) is 0.432. The molecular formula is C17H14FN3O. The van der Waals surface area contributed by atoms with Crippen LogP contribution in [0.3, 0.4) is 0 Å². The lowest BCUT2D eigenvalue weighted by atomic mass is 10.2. The molecule has 2 N–H and O–H groups in total. The van der Waals surface area contributed by atoms with Gasteiger partial charge in [-0.05, 0) is 11.6 Å². The van der Waals surface area contributed by atoms with Crippen LogP contribution in [0.2, 0.25) is 0 Å². The van der Waals surface area contributed by atoms with Crippen LogP contribution in [-0.2, 0) is 6.61 Å². The molecule has 0 amide bonds. The number of nitrogens with zero attached hydrogens (tertiary/aromatic N) is 2. The number of pyridine rings is 2. The number of hydrogen-bond donors (Lipinski definition) is 1. The Labute approximate surface area is 127 Å². The topological polar surface area (TPSA) is 61.0 Å². The molecule has 0 radical (unpaired) electrons. The van der Waals surface area contributed by atoms with Gasteiger partial charge in [0.15, 0.2) is 5.82 Å². The van der Waals surface area contributed by atoms with Crippen LogP contribution in [0.15, 0.2) is 60.9 Å². The van der Waals surface area contributed by atoms with E-state index in [9.17, 15) is 4.39 Å². The summed E-state index contributed by atoms with van der Waals surface area (Å²) >= 11 is 0. The zero-order valence-electron chi connectivity index (χ0n) is 11.7. The molecular weight excluding hydrogens is 281 g/mol. The molecule has 0 spiro atoms. The molecule has 4 nitrogen and oxygen atoms in total. The number of nitrogens with two attached hydrogens (primary N) is 1. The van der Waals surface area contributed by atoms with Gasteiger partial charge in [0.2, 0.25) is 5.88 Å². The first kappa shape index (κ1) is 14.0. The third-order valence-corrected chi connectivity index (χ3v) is 3.10. The Morgan fingerprint density at radius 2 is 1.82 bits per heavy atom. The number of rotatable bonds is 4. The van der Waals surface area contributed by atoms with E-state index in [1.54, 1.807) is 12.1 Å². The van der Waals surface area contributed by atoms with Crippen LogP contribution in [0.5, 0.6) is 5.88 Å². The van der Waals surface area contributed by atoms with Crippen molar-refractivity contribution >= 4 is 5.69 Å². The van der Waals surface area contributed by atoms with Crippen molar-refractivity contribution in [3.63, 3.8) is 0 Å². The predicted octanol–water partition coefficient (Wildman–Crippen LogP) is 3.44. The summed E-state index contributed by atoms with van der Waals surface area (Å²) in [7, 11) is 0. The maximum Gasteiger partial charge on any atom is 0.213 e. The third kappa shape index (κ3) is 3.20. The molecule has 0 saturated carbocycles. The first-order valence-corrected chi connectivity index (χ1v) is 6.76. The van der Waals surface area contributed by atoms with E-state index in [0.29, 0.717) is 18.1 Å². The number of hydrogen-bond acceptors (Lipinski definition) is 4. The van der Waals surface area contributed by atoms with E-state index in [1.807, 2.05) is 30.3 Å². The highest BCUT2D eigenvalue weighted by Gasteiger charge is 2.08. The van der Waals surface area contributed by atoms with Crippen molar-refractivity contribution in [2.45, 2.75) is 6.61 Å². The SMILES string of the molecule is Nc1cnc(-c2ccc(OCc3ccccc3)nc2)c(F)c1. The van der Waals surface area contributed by atoms with Crippen LogP contribution in [0.25, 0.3) is 11.3 Å². The van der Waals surface area contributed by atoms with E-state index in [-0.39, 0.29) is 11.4 Å². The van der Waals surface area contributed by atoms with Gasteiger partial charge in [-0.25, -0.2) is 9.37 Å². The molecule has 5 heteroatoms. The second-order valence-electron chi connectivity index (χ2n) is 4.76. The molecule has 0 bridgehead atoms. The molecule has 0 aliphatic rings. The van der Waals surface area contributed by atoms with Crippen molar-refractivity contribution < 1.29 is 9.13 Å². The lowest BCUT2D eigenvalue weighted by molar-refractivity contribution is 0.294. The second-order valence-corrected chi connectivity index (χ2v) is 4.76. The standard InChI is InChI=1S/C17H14FN3O/c18-15-8-14(19)10-21-17(15)13-6-7-16(20-9-13)22-11-12-4-2-1-3-5-12/h1-10H,11,19H2. The summed E-state index contributed by atoms with van der Waals surface area (Å²) in [4.78, 5) is 8.16. The number of aromatic nitrogens is 2. The minimum Gasteiger partial charge on any atom is -0.473 e. The number of halogens is 1. The Balaban J connectivity index is 1.72. The molecule has 22 heavy (non-hydrogen) atoms. The van der Waals surface area contributed by atoms with Crippen molar-refractivity contribution in [3.8, 4) is 17.1 Å². The molecule has 1 aromatic carbocycles. The second kappa shape index (κ2) is 6.22. The van der Waals surface area contributed by atoms with Crippen LogP contribution in [0.4, 0.5) is 10.1 Å². The molecule has 0 fully saturated rings. The summed E-state index contributed by atoms with van der Waals surface area (Å²) in [5, 5.41) is 0. The lowest BCUT2D eigenvalue weighted by Gasteiger charge is -2.07. The van der Waals surface area contributed by atoms with Gasteiger partial charge in [-0.3, -0.25) is 4.98 Å². The van der Waals surface area contributed by atoms with Crippen molar-refractivity contribution in [2.75, 3.05) is 5.73 Å². The quantitative estimate of drug-likeness (QED) is 0.801. The van der Waals surface area contributed by atoms with Gasteiger partial charge in [0, 0.05) is 23.9 Å². The fourth-order valence-corrected chi connectivity index (χ4v) is 2.00. The highest BCUT2D eigenvalue weighted by Crippen LogP contribution is 2.22. The first-order valence-electron chi connectivity index (χ1n) is 6.76. The maximum absolute atomic E-state index is 13.8. The normalized spacial score (nSPS) is 10.4. The maximum atomic E-state index is 13.8. The monoisotopic (exact) mass is 295 g/mol. The fourth-order valence-electron chi connectivity index (χ4n) is 2.00. The van der Waals surface area contributed by atoms with Gasteiger partial charge in [0.25, 0.3) is 0 Å². The lowest BCUT2D eigenvalue weighted by Crippen LogP contribution is -1.98. The summed E-state index contributed by atoms with van der Waals surface area (Å²) < 4.78 is 19.4. The third-order valence-electron chi connectivity index (χ3n) is 3.10. The Morgan fingerprint density at radius 3 is 2.50 bits per heavy atom.